The van der Waals surface area contributed by atoms with Gasteiger partial charge in [-0.3, -0.25) is 4.79 Å². The van der Waals surface area contributed by atoms with E-state index >= 15 is 0 Å². The zero-order chi connectivity index (χ0) is 14.7. The smallest absolute Gasteiger partial charge is 0.253 e. The summed E-state index contributed by atoms with van der Waals surface area (Å²) in [5, 5.41) is 0. The summed E-state index contributed by atoms with van der Waals surface area (Å²) >= 11 is 2.31. The molecule has 0 atom stereocenters. The average molecular weight is 392 g/mol. The summed E-state index contributed by atoms with van der Waals surface area (Å²) in [7, 11) is 0. The van der Waals surface area contributed by atoms with Crippen molar-refractivity contribution in [2.24, 2.45) is 0 Å². The molecule has 0 radical (unpaired) electrons. The molecule has 0 bridgehead atoms. The Morgan fingerprint density at radius 1 is 0.857 bits per heavy atom. The van der Waals surface area contributed by atoms with Crippen LogP contribution in [-0.2, 0) is 0 Å². The van der Waals surface area contributed by atoms with Crippen molar-refractivity contribution in [1.29, 1.82) is 0 Å². The van der Waals surface area contributed by atoms with Crippen molar-refractivity contribution in [3.8, 4) is 0 Å². The summed E-state index contributed by atoms with van der Waals surface area (Å²) in [6, 6.07) is 18.1. The normalized spacial score (nSPS) is 15.1. The van der Waals surface area contributed by atoms with Gasteiger partial charge in [-0.25, -0.2) is 0 Å². The highest BCUT2D eigenvalue weighted by Gasteiger charge is 2.21. The fourth-order valence-corrected chi connectivity index (χ4v) is 2.94. The van der Waals surface area contributed by atoms with Crippen molar-refractivity contribution >= 4 is 34.2 Å². The van der Waals surface area contributed by atoms with Crippen LogP contribution in [0.3, 0.4) is 0 Å². The predicted molar refractivity (Wildman–Crippen MR) is 93.7 cm³/mol. The van der Waals surface area contributed by atoms with Gasteiger partial charge >= 0.3 is 0 Å². The van der Waals surface area contributed by atoms with E-state index in [0.717, 1.165) is 31.7 Å². The zero-order valence-corrected chi connectivity index (χ0v) is 13.9. The van der Waals surface area contributed by atoms with Gasteiger partial charge in [0.15, 0.2) is 0 Å². The van der Waals surface area contributed by atoms with Crippen LogP contribution >= 0.6 is 22.6 Å². The molecule has 0 aliphatic carbocycles. The molecule has 0 unspecified atom stereocenters. The Morgan fingerprint density at radius 2 is 1.48 bits per heavy atom. The Balaban J connectivity index is 1.63. The van der Waals surface area contributed by atoms with Gasteiger partial charge < -0.3 is 9.80 Å². The summed E-state index contributed by atoms with van der Waals surface area (Å²) in [6.45, 7) is 3.33. The topological polar surface area (TPSA) is 23.6 Å². The molecule has 1 aliphatic heterocycles. The molecule has 1 fully saturated rings. The lowest BCUT2D eigenvalue weighted by atomic mass is 10.1. The number of hydrogen-bond acceptors (Lipinski definition) is 2. The molecule has 21 heavy (non-hydrogen) atoms. The van der Waals surface area contributed by atoms with E-state index in [1.54, 1.807) is 0 Å². The SMILES string of the molecule is O=C(c1ccccc1)N1CCN(c2ccc(I)cc2)CC1. The standard InChI is InChI=1S/C17H17IN2O/c18-15-6-8-16(9-7-15)19-10-12-20(13-11-19)17(21)14-4-2-1-3-5-14/h1-9H,10-13H2. The first-order valence-electron chi connectivity index (χ1n) is 7.09. The minimum absolute atomic E-state index is 0.137. The highest BCUT2D eigenvalue weighted by atomic mass is 127. The predicted octanol–water partition coefficient (Wildman–Crippen LogP) is 3.25. The number of piperazine rings is 1. The van der Waals surface area contributed by atoms with Crippen LogP contribution in [0.2, 0.25) is 0 Å². The minimum Gasteiger partial charge on any atom is -0.368 e. The molecule has 0 N–H and O–H groups in total. The molecule has 0 saturated carbocycles. The van der Waals surface area contributed by atoms with E-state index in [1.165, 1.54) is 9.26 Å². The number of halogens is 1. The Hall–Kier alpha value is -1.56. The van der Waals surface area contributed by atoms with Gasteiger partial charge in [0, 0.05) is 41.0 Å². The van der Waals surface area contributed by atoms with E-state index in [4.69, 9.17) is 0 Å². The molecule has 108 valence electrons. The summed E-state index contributed by atoms with van der Waals surface area (Å²) < 4.78 is 1.24. The lowest BCUT2D eigenvalue weighted by Gasteiger charge is -2.36. The van der Waals surface area contributed by atoms with Crippen LogP contribution < -0.4 is 4.90 Å². The summed E-state index contributed by atoms with van der Waals surface area (Å²) in [6.07, 6.45) is 0. The first-order valence-corrected chi connectivity index (χ1v) is 8.17. The fraction of sp³-hybridized carbons (Fsp3) is 0.235. The van der Waals surface area contributed by atoms with Crippen molar-refractivity contribution in [2.45, 2.75) is 0 Å². The van der Waals surface area contributed by atoms with Crippen molar-refractivity contribution in [1.82, 2.24) is 4.90 Å². The number of amides is 1. The Bertz CT molecular complexity index is 604. The molecular weight excluding hydrogens is 375 g/mol. The second-order valence-corrected chi connectivity index (χ2v) is 6.37. The van der Waals surface area contributed by atoms with Crippen molar-refractivity contribution in [3.05, 3.63) is 63.7 Å². The lowest BCUT2D eigenvalue weighted by molar-refractivity contribution is 0.0747. The molecule has 2 aromatic carbocycles. The van der Waals surface area contributed by atoms with Gasteiger partial charge in [-0.15, -0.1) is 0 Å². The molecule has 3 rings (SSSR count). The summed E-state index contributed by atoms with van der Waals surface area (Å²) in [5.74, 6) is 0.137. The van der Waals surface area contributed by atoms with Gasteiger partial charge in [-0.05, 0) is 59.0 Å². The van der Waals surface area contributed by atoms with Gasteiger partial charge in [-0.1, -0.05) is 18.2 Å². The maximum atomic E-state index is 12.4. The van der Waals surface area contributed by atoms with Crippen LogP contribution in [0.4, 0.5) is 5.69 Å². The van der Waals surface area contributed by atoms with Crippen LogP contribution in [0.15, 0.2) is 54.6 Å². The van der Waals surface area contributed by atoms with E-state index in [0.29, 0.717) is 0 Å². The molecule has 4 heteroatoms. The van der Waals surface area contributed by atoms with Crippen molar-refractivity contribution < 1.29 is 4.79 Å². The first kappa shape index (κ1) is 14.4. The van der Waals surface area contributed by atoms with Gasteiger partial charge in [-0.2, -0.15) is 0 Å². The first-order chi connectivity index (χ1) is 10.2. The molecule has 1 saturated heterocycles. The fourth-order valence-electron chi connectivity index (χ4n) is 2.58. The Kier molecular flexibility index (Phi) is 4.43. The van der Waals surface area contributed by atoms with E-state index in [1.807, 2.05) is 35.2 Å². The van der Waals surface area contributed by atoms with Crippen LogP contribution in [0, 0.1) is 3.57 Å². The van der Waals surface area contributed by atoms with Crippen LogP contribution in [0.1, 0.15) is 10.4 Å². The highest BCUT2D eigenvalue weighted by Crippen LogP contribution is 2.18. The molecule has 0 aromatic heterocycles. The van der Waals surface area contributed by atoms with Crippen molar-refractivity contribution in [2.75, 3.05) is 31.1 Å². The van der Waals surface area contributed by atoms with Gasteiger partial charge in [0.25, 0.3) is 5.91 Å². The van der Waals surface area contributed by atoms with Crippen LogP contribution in [0.5, 0.6) is 0 Å². The highest BCUT2D eigenvalue weighted by molar-refractivity contribution is 14.1. The van der Waals surface area contributed by atoms with Crippen molar-refractivity contribution in [3.63, 3.8) is 0 Å². The number of hydrogen-bond donors (Lipinski definition) is 0. The van der Waals surface area contributed by atoms with E-state index in [9.17, 15) is 4.79 Å². The largest absolute Gasteiger partial charge is 0.368 e. The van der Waals surface area contributed by atoms with E-state index < -0.39 is 0 Å². The zero-order valence-electron chi connectivity index (χ0n) is 11.7. The quantitative estimate of drug-likeness (QED) is 0.733. The average Bonchev–Trinajstić information content (AvgIpc) is 2.56. The third kappa shape index (κ3) is 3.37. The van der Waals surface area contributed by atoms with Crippen LogP contribution in [-0.4, -0.2) is 37.0 Å². The van der Waals surface area contributed by atoms with Gasteiger partial charge in [0.05, 0.1) is 0 Å². The molecule has 1 aliphatic rings. The maximum Gasteiger partial charge on any atom is 0.253 e. The monoisotopic (exact) mass is 392 g/mol. The number of rotatable bonds is 2. The number of carbonyl (C=O) groups is 1. The summed E-state index contributed by atoms with van der Waals surface area (Å²) in [5.41, 5.74) is 2.02. The molecule has 1 heterocycles. The van der Waals surface area contributed by atoms with Gasteiger partial charge in [0.2, 0.25) is 0 Å². The second kappa shape index (κ2) is 6.47. The summed E-state index contributed by atoms with van der Waals surface area (Å²) in [4.78, 5) is 16.7. The van der Waals surface area contributed by atoms with Crippen LogP contribution in [0.25, 0.3) is 0 Å². The molecule has 1 amide bonds. The Labute approximate surface area is 138 Å². The number of carbonyl (C=O) groups excluding carboxylic acids is 1. The molecule has 2 aromatic rings. The van der Waals surface area contributed by atoms with E-state index in [-0.39, 0.29) is 5.91 Å². The van der Waals surface area contributed by atoms with E-state index in [2.05, 4.69) is 51.8 Å². The number of benzene rings is 2. The number of anilines is 1. The second-order valence-electron chi connectivity index (χ2n) is 5.12. The molecule has 0 spiro atoms. The third-order valence-corrected chi connectivity index (χ3v) is 4.50. The molecule has 3 nitrogen and oxygen atoms in total. The Morgan fingerprint density at radius 3 is 2.10 bits per heavy atom. The minimum atomic E-state index is 0.137. The molecular formula is C17H17IN2O. The maximum absolute atomic E-state index is 12.4. The lowest BCUT2D eigenvalue weighted by Crippen LogP contribution is -2.48. The third-order valence-electron chi connectivity index (χ3n) is 3.78. The van der Waals surface area contributed by atoms with Gasteiger partial charge in [0.1, 0.15) is 0 Å². The number of nitrogens with zero attached hydrogens (tertiary/aromatic N) is 2.